The molecule has 180 valence electrons. The fraction of sp³-hybridized carbons (Fsp3) is 0.148. The molecule has 9 heteroatoms. The highest BCUT2D eigenvalue weighted by Crippen LogP contribution is 2.47. The minimum absolute atomic E-state index is 0.104. The van der Waals surface area contributed by atoms with Crippen molar-refractivity contribution in [3.63, 3.8) is 0 Å². The van der Waals surface area contributed by atoms with E-state index >= 15 is 0 Å². The van der Waals surface area contributed by atoms with Crippen LogP contribution in [0.25, 0.3) is 11.3 Å². The van der Waals surface area contributed by atoms with Gasteiger partial charge in [-0.2, -0.15) is 5.10 Å². The van der Waals surface area contributed by atoms with Crippen LogP contribution in [0.15, 0.2) is 72.8 Å². The number of carbonyl (C=O) groups excluding carboxylic acids is 2. The second kappa shape index (κ2) is 9.10. The molecule has 1 aliphatic heterocycles. The van der Waals surface area contributed by atoms with Gasteiger partial charge in [0.15, 0.2) is 0 Å². The number of amides is 1. The molecule has 0 bridgehead atoms. The average molecular weight is 482 g/mol. The first-order valence-corrected chi connectivity index (χ1v) is 11.4. The number of aromatic amines is 1. The maximum atomic E-state index is 13.7. The van der Waals surface area contributed by atoms with Gasteiger partial charge in [-0.1, -0.05) is 42.0 Å². The molecule has 1 aliphatic rings. The number of hydrogen-bond acceptors (Lipinski definition) is 6. The number of ether oxygens (including phenoxy) is 1. The van der Waals surface area contributed by atoms with E-state index in [4.69, 9.17) is 4.74 Å². The zero-order valence-corrected chi connectivity index (χ0v) is 19.6. The van der Waals surface area contributed by atoms with Crippen molar-refractivity contribution in [1.82, 2.24) is 10.2 Å². The lowest BCUT2D eigenvalue weighted by Gasteiger charge is -2.26. The van der Waals surface area contributed by atoms with Crippen molar-refractivity contribution in [2.24, 2.45) is 0 Å². The van der Waals surface area contributed by atoms with Crippen LogP contribution in [0.4, 0.5) is 11.4 Å². The van der Waals surface area contributed by atoms with Crippen molar-refractivity contribution < 1.29 is 19.2 Å². The summed E-state index contributed by atoms with van der Waals surface area (Å²) in [6.07, 6.45) is 0. The lowest BCUT2D eigenvalue weighted by molar-refractivity contribution is -0.385. The van der Waals surface area contributed by atoms with Gasteiger partial charge in [0.05, 0.1) is 34.4 Å². The van der Waals surface area contributed by atoms with Crippen molar-refractivity contribution in [3.05, 3.63) is 111 Å². The van der Waals surface area contributed by atoms with Gasteiger partial charge < -0.3 is 4.74 Å². The minimum Gasteiger partial charge on any atom is -0.462 e. The summed E-state index contributed by atoms with van der Waals surface area (Å²) in [6.45, 7) is 3.94. The smallest absolute Gasteiger partial charge is 0.338 e. The van der Waals surface area contributed by atoms with E-state index in [1.54, 1.807) is 49.4 Å². The van der Waals surface area contributed by atoms with Gasteiger partial charge in [-0.3, -0.25) is 24.9 Å². The van der Waals surface area contributed by atoms with E-state index in [-0.39, 0.29) is 23.9 Å². The van der Waals surface area contributed by atoms with E-state index in [1.165, 1.54) is 11.0 Å². The molecule has 0 radical (unpaired) electrons. The third-order valence-electron chi connectivity index (χ3n) is 6.18. The number of aromatic nitrogens is 2. The van der Waals surface area contributed by atoms with Gasteiger partial charge in [0, 0.05) is 22.9 Å². The molecule has 0 saturated heterocycles. The first-order valence-electron chi connectivity index (χ1n) is 11.4. The highest BCUT2D eigenvalue weighted by Gasteiger charge is 2.45. The molecule has 0 saturated carbocycles. The number of para-hydroxylation sites is 1. The van der Waals surface area contributed by atoms with E-state index in [0.29, 0.717) is 28.1 Å². The fourth-order valence-corrected chi connectivity index (χ4v) is 4.50. The first-order chi connectivity index (χ1) is 17.4. The number of hydrogen-bond donors (Lipinski definition) is 1. The number of anilines is 1. The number of nitrogens with zero attached hydrogens (tertiary/aromatic N) is 3. The molecule has 2 heterocycles. The number of nitrogens with one attached hydrogen (secondary N) is 1. The van der Waals surface area contributed by atoms with Crippen LogP contribution in [0.1, 0.15) is 50.5 Å². The summed E-state index contributed by atoms with van der Waals surface area (Å²) in [5.74, 6) is -0.842. The first kappa shape index (κ1) is 23.0. The van der Waals surface area contributed by atoms with Crippen LogP contribution in [-0.2, 0) is 4.74 Å². The Morgan fingerprint density at radius 2 is 1.78 bits per heavy atom. The second-order valence-corrected chi connectivity index (χ2v) is 8.39. The van der Waals surface area contributed by atoms with Gasteiger partial charge in [-0.25, -0.2) is 4.79 Å². The van der Waals surface area contributed by atoms with Crippen molar-refractivity contribution >= 4 is 23.3 Å². The van der Waals surface area contributed by atoms with E-state index in [0.717, 1.165) is 11.1 Å². The van der Waals surface area contributed by atoms with E-state index in [2.05, 4.69) is 10.2 Å². The molecule has 1 amide bonds. The van der Waals surface area contributed by atoms with Gasteiger partial charge in [-0.15, -0.1) is 0 Å². The summed E-state index contributed by atoms with van der Waals surface area (Å²) >= 11 is 0. The molecular formula is C27H22N4O5. The van der Waals surface area contributed by atoms with E-state index in [9.17, 15) is 19.7 Å². The summed E-state index contributed by atoms with van der Waals surface area (Å²) in [5, 5.41) is 19.2. The predicted octanol–water partition coefficient (Wildman–Crippen LogP) is 5.22. The normalized spacial score (nSPS) is 14.6. The summed E-state index contributed by atoms with van der Waals surface area (Å²) < 4.78 is 5.05. The minimum atomic E-state index is -0.808. The number of nitro groups is 1. The molecule has 1 atom stereocenters. The molecular weight excluding hydrogens is 460 g/mol. The molecule has 4 aromatic rings. The maximum absolute atomic E-state index is 13.7. The summed E-state index contributed by atoms with van der Waals surface area (Å²) in [5.41, 5.74) is 4.31. The second-order valence-electron chi connectivity index (χ2n) is 8.39. The average Bonchev–Trinajstić information content (AvgIpc) is 3.43. The van der Waals surface area contributed by atoms with Crippen LogP contribution in [0.3, 0.4) is 0 Å². The maximum Gasteiger partial charge on any atom is 0.338 e. The zero-order chi connectivity index (χ0) is 25.4. The highest BCUT2D eigenvalue weighted by atomic mass is 16.6. The van der Waals surface area contributed by atoms with Crippen LogP contribution in [0.2, 0.25) is 0 Å². The van der Waals surface area contributed by atoms with Gasteiger partial charge >= 0.3 is 5.97 Å². The number of rotatable bonds is 6. The lowest BCUT2D eigenvalue weighted by Crippen LogP contribution is -2.29. The summed E-state index contributed by atoms with van der Waals surface area (Å²) in [7, 11) is 0. The zero-order valence-electron chi connectivity index (χ0n) is 19.6. The van der Waals surface area contributed by atoms with Crippen LogP contribution in [0.5, 0.6) is 0 Å². The molecule has 0 spiro atoms. The predicted molar refractivity (Wildman–Crippen MR) is 133 cm³/mol. The molecule has 1 N–H and O–H groups in total. The SMILES string of the molecule is CCOC(=O)c1ccc(N2C(=O)c3[nH]nc(-c4ccc(C)cc4)c3[C@H]2c2ccccc2[N+](=O)[O-])cc1. The highest BCUT2D eigenvalue weighted by molar-refractivity contribution is 6.12. The number of nitro benzene ring substituents is 1. The largest absolute Gasteiger partial charge is 0.462 e. The fourth-order valence-electron chi connectivity index (χ4n) is 4.50. The quantitative estimate of drug-likeness (QED) is 0.229. The number of esters is 1. The summed E-state index contributed by atoms with van der Waals surface area (Å²) in [6, 6.07) is 19.7. The Balaban J connectivity index is 1.69. The molecule has 0 unspecified atom stereocenters. The van der Waals surface area contributed by atoms with Crippen LogP contribution in [0, 0.1) is 17.0 Å². The molecule has 36 heavy (non-hydrogen) atoms. The number of H-pyrrole nitrogens is 1. The topological polar surface area (TPSA) is 118 Å². The standard InChI is InChI=1S/C27H22N4O5/c1-3-36-27(33)18-12-14-19(15-13-18)30-25(20-6-4-5-7-21(20)31(34)35)22-23(28-29-24(22)26(30)32)17-10-8-16(2)9-11-17/h4-15,25H,3H2,1-2H3,(H,28,29)/t25-/m1/s1. The van der Waals surface area contributed by atoms with Gasteiger partial charge in [-0.05, 0) is 44.2 Å². The van der Waals surface area contributed by atoms with Crippen molar-refractivity contribution in [2.45, 2.75) is 19.9 Å². The number of fused-ring (bicyclic) bond motifs is 1. The third kappa shape index (κ3) is 3.80. The Kier molecular flexibility index (Phi) is 5.81. The van der Waals surface area contributed by atoms with Gasteiger partial charge in [0.2, 0.25) is 0 Å². The Morgan fingerprint density at radius 1 is 1.08 bits per heavy atom. The lowest BCUT2D eigenvalue weighted by atomic mass is 9.94. The van der Waals surface area contributed by atoms with Crippen LogP contribution in [-0.4, -0.2) is 33.6 Å². The monoisotopic (exact) mass is 482 g/mol. The molecule has 1 aromatic heterocycles. The molecule has 0 aliphatic carbocycles. The Bertz CT molecular complexity index is 1480. The van der Waals surface area contributed by atoms with Gasteiger partial charge in [0.25, 0.3) is 11.6 Å². The molecule has 5 rings (SSSR count). The Morgan fingerprint density at radius 3 is 2.44 bits per heavy atom. The number of aryl methyl sites for hydroxylation is 1. The molecule has 9 nitrogen and oxygen atoms in total. The van der Waals surface area contributed by atoms with Crippen molar-refractivity contribution in [1.29, 1.82) is 0 Å². The van der Waals surface area contributed by atoms with Crippen LogP contribution >= 0.6 is 0 Å². The van der Waals surface area contributed by atoms with Gasteiger partial charge in [0.1, 0.15) is 5.69 Å². The van der Waals surface area contributed by atoms with E-state index < -0.39 is 16.9 Å². The number of carbonyl (C=O) groups is 2. The number of benzene rings is 3. The molecule has 0 fully saturated rings. The van der Waals surface area contributed by atoms with Crippen LogP contribution < -0.4 is 4.90 Å². The van der Waals surface area contributed by atoms with Crippen molar-refractivity contribution in [2.75, 3.05) is 11.5 Å². The third-order valence-corrected chi connectivity index (χ3v) is 6.18. The molecule has 3 aromatic carbocycles. The Hall–Kier alpha value is -4.79. The van der Waals surface area contributed by atoms with Crippen molar-refractivity contribution in [3.8, 4) is 11.3 Å². The summed E-state index contributed by atoms with van der Waals surface area (Å²) in [4.78, 5) is 38.8. The Labute approximate surface area is 206 Å². The van der Waals surface area contributed by atoms with E-state index in [1.807, 2.05) is 31.2 Å².